The number of aromatic nitrogens is 2. The Hall–Kier alpha value is -2.42. The average molecular weight is 513 g/mol. The number of piperidine rings is 2. The molecular formula is C28H44N6O3. The number of fused-ring (bicyclic) bond motifs is 1. The van der Waals surface area contributed by atoms with Crippen LogP contribution in [0.5, 0.6) is 0 Å². The van der Waals surface area contributed by atoms with E-state index in [1.165, 1.54) is 32.4 Å². The minimum absolute atomic E-state index is 0.107. The predicted molar refractivity (Wildman–Crippen MR) is 141 cm³/mol. The lowest BCUT2D eigenvalue weighted by Crippen LogP contribution is -2.65. The molecule has 3 aliphatic heterocycles. The van der Waals surface area contributed by atoms with Crippen LogP contribution in [0.25, 0.3) is 0 Å². The summed E-state index contributed by atoms with van der Waals surface area (Å²) in [7, 11) is 0. The Balaban J connectivity index is 1.30. The van der Waals surface area contributed by atoms with Crippen LogP contribution in [0.3, 0.4) is 0 Å². The lowest BCUT2D eigenvalue weighted by Gasteiger charge is -2.43. The molecule has 3 fully saturated rings. The summed E-state index contributed by atoms with van der Waals surface area (Å²) in [5.74, 6) is -0.430. The normalized spacial score (nSPS) is 25.9. The molecule has 1 aromatic rings. The molecule has 1 aliphatic carbocycles. The third kappa shape index (κ3) is 5.29. The maximum absolute atomic E-state index is 13.7. The highest BCUT2D eigenvalue weighted by atomic mass is 16.2. The van der Waals surface area contributed by atoms with Crippen LogP contribution >= 0.6 is 0 Å². The highest BCUT2D eigenvalue weighted by Crippen LogP contribution is 2.30. The maximum atomic E-state index is 13.7. The Morgan fingerprint density at radius 1 is 1.03 bits per heavy atom. The lowest BCUT2D eigenvalue weighted by atomic mass is 9.94. The minimum Gasteiger partial charge on any atom is -0.351 e. The zero-order chi connectivity index (χ0) is 26.0. The molecule has 0 spiro atoms. The predicted octanol–water partition coefficient (Wildman–Crippen LogP) is 3.05. The maximum Gasteiger partial charge on any atom is 0.274 e. The first-order chi connectivity index (χ1) is 17.9. The number of hydrogen-bond donors (Lipinski definition) is 1. The molecule has 4 heterocycles. The van der Waals surface area contributed by atoms with Crippen LogP contribution in [-0.4, -0.2) is 92.5 Å². The van der Waals surface area contributed by atoms with Crippen molar-refractivity contribution in [2.75, 3.05) is 32.7 Å². The van der Waals surface area contributed by atoms with Crippen LogP contribution in [0.2, 0.25) is 0 Å². The van der Waals surface area contributed by atoms with Gasteiger partial charge >= 0.3 is 0 Å². The van der Waals surface area contributed by atoms with Crippen molar-refractivity contribution in [3.63, 3.8) is 0 Å². The van der Waals surface area contributed by atoms with E-state index in [-0.39, 0.29) is 30.3 Å². The first kappa shape index (κ1) is 26.2. The quantitative estimate of drug-likeness (QED) is 0.607. The second-order valence-corrected chi connectivity index (χ2v) is 11.7. The van der Waals surface area contributed by atoms with Gasteiger partial charge in [-0.15, -0.1) is 0 Å². The summed E-state index contributed by atoms with van der Waals surface area (Å²) in [5, 5.41) is 7.80. The first-order valence-electron chi connectivity index (χ1n) is 14.6. The van der Waals surface area contributed by atoms with Gasteiger partial charge in [-0.3, -0.25) is 19.1 Å². The van der Waals surface area contributed by atoms with Gasteiger partial charge in [-0.05, 0) is 65.0 Å². The summed E-state index contributed by atoms with van der Waals surface area (Å²) in [5.41, 5.74) is -0.300. The van der Waals surface area contributed by atoms with Gasteiger partial charge in [0.2, 0.25) is 5.91 Å². The summed E-state index contributed by atoms with van der Waals surface area (Å²) >= 11 is 0. The number of nitrogens with zero attached hydrogens (tertiary/aromatic N) is 5. The number of hydrogen-bond acceptors (Lipinski definition) is 5. The van der Waals surface area contributed by atoms with Gasteiger partial charge in [-0.1, -0.05) is 32.6 Å². The van der Waals surface area contributed by atoms with Crippen molar-refractivity contribution in [3.05, 3.63) is 17.5 Å². The van der Waals surface area contributed by atoms with Gasteiger partial charge < -0.3 is 20.0 Å². The van der Waals surface area contributed by atoms with Crippen molar-refractivity contribution in [1.29, 1.82) is 0 Å². The Labute approximate surface area is 220 Å². The fraction of sp³-hybridized carbons (Fsp3) is 0.786. The van der Waals surface area contributed by atoms with E-state index in [9.17, 15) is 14.4 Å². The Kier molecular flexibility index (Phi) is 7.88. The van der Waals surface area contributed by atoms with Crippen molar-refractivity contribution >= 4 is 17.7 Å². The molecule has 9 heteroatoms. The minimum atomic E-state index is -1.03. The van der Waals surface area contributed by atoms with Gasteiger partial charge in [0.05, 0.1) is 6.54 Å². The summed E-state index contributed by atoms with van der Waals surface area (Å²) < 4.78 is 1.60. The molecule has 1 saturated carbocycles. The molecule has 1 atom stereocenters. The van der Waals surface area contributed by atoms with Crippen LogP contribution in [0.1, 0.15) is 105 Å². The summed E-state index contributed by atoms with van der Waals surface area (Å²) in [6.07, 6.45) is 11.9. The Morgan fingerprint density at radius 3 is 2.41 bits per heavy atom. The number of amides is 3. The number of unbranched alkanes of at least 4 members (excludes halogenated alkanes) is 1. The van der Waals surface area contributed by atoms with Gasteiger partial charge in [0.15, 0.2) is 5.69 Å². The standard InChI is InChI=1S/C28H44N6O3/c1-3-4-16-33-26(36)24-19-23(25(35)32-17-12-22(13-18-32)31-14-8-5-9-15-31)30-34(24)20-28(33,2)27(37)29-21-10-6-7-11-21/h19,21-22H,3-18,20H2,1-2H3,(H,29,37). The van der Waals surface area contributed by atoms with E-state index in [4.69, 9.17) is 0 Å². The van der Waals surface area contributed by atoms with E-state index in [2.05, 4.69) is 22.2 Å². The van der Waals surface area contributed by atoms with E-state index in [0.717, 1.165) is 64.5 Å². The van der Waals surface area contributed by atoms with Crippen molar-refractivity contribution in [2.45, 2.75) is 109 Å². The van der Waals surface area contributed by atoms with Crippen LogP contribution < -0.4 is 5.32 Å². The molecule has 1 unspecified atom stereocenters. The molecule has 37 heavy (non-hydrogen) atoms. The highest BCUT2D eigenvalue weighted by Gasteiger charge is 2.48. The van der Waals surface area contributed by atoms with Crippen molar-refractivity contribution in [3.8, 4) is 0 Å². The smallest absolute Gasteiger partial charge is 0.274 e. The average Bonchev–Trinajstić information content (AvgIpc) is 3.59. The largest absolute Gasteiger partial charge is 0.351 e. The van der Waals surface area contributed by atoms with Gasteiger partial charge in [0.25, 0.3) is 11.8 Å². The molecule has 2 saturated heterocycles. The van der Waals surface area contributed by atoms with Crippen LogP contribution in [0, 0.1) is 0 Å². The zero-order valence-corrected chi connectivity index (χ0v) is 22.7. The Bertz CT molecular complexity index is 988. The topological polar surface area (TPSA) is 90.8 Å². The van der Waals surface area contributed by atoms with Crippen molar-refractivity contribution in [2.24, 2.45) is 0 Å². The molecular weight excluding hydrogens is 468 g/mol. The second-order valence-electron chi connectivity index (χ2n) is 11.7. The third-order valence-corrected chi connectivity index (χ3v) is 9.09. The van der Waals surface area contributed by atoms with Gasteiger partial charge in [-0.2, -0.15) is 5.10 Å². The number of rotatable bonds is 7. The summed E-state index contributed by atoms with van der Waals surface area (Å²) in [6, 6.07) is 2.39. The molecule has 3 amide bonds. The zero-order valence-electron chi connectivity index (χ0n) is 22.7. The fourth-order valence-electron chi connectivity index (χ4n) is 6.70. The number of nitrogens with one attached hydrogen (secondary N) is 1. The van der Waals surface area contributed by atoms with Crippen LogP contribution in [-0.2, 0) is 11.3 Å². The molecule has 0 aromatic carbocycles. The van der Waals surface area contributed by atoms with Gasteiger partial charge in [0, 0.05) is 37.8 Å². The number of carbonyl (C=O) groups is 3. The molecule has 5 rings (SSSR count). The van der Waals surface area contributed by atoms with Gasteiger partial charge in [-0.25, -0.2) is 0 Å². The van der Waals surface area contributed by atoms with E-state index in [1.807, 2.05) is 11.8 Å². The molecule has 1 aromatic heterocycles. The lowest BCUT2D eigenvalue weighted by molar-refractivity contribution is -0.133. The van der Waals surface area contributed by atoms with Crippen LogP contribution in [0.15, 0.2) is 6.07 Å². The molecule has 1 N–H and O–H groups in total. The highest BCUT2D eigenvalue weighted by molar-refractivity contribution is 6.02. The SMILES string of the molecule is CCCCN1C(=O)c2cc(C(=O)N3CCC(N4CCCCC4)CC3)nn2CC1(C)C(=O)NC1CCCC1. The molecule has 204 valence electrons. The number of likely N-dealkylation sites (tertiary alicyclic amines) is 2. The number of carbonyl (C=O) groups excluding carboxylic acids is 3. The third-order valence-electron chi connectivity index (χ3n) is 9.09. The van der Waals surface area contributed by atoms with E-state index in [0.29, 0.717) is 24.0 Å². The molecule has 0 radical (unpaired) electrons. The molecule has 0 bridgehead atoms. The fourth-order valence-corrected chi connectivity index (χ4v) is 6.70. The van der Waals surface area contributed by atoms with E-state index in [1.54, 1.807) is 15.6 Å². The van der Waals surface area contributed by atoms with Crippen molar-refractivity contribution < 1.29 is 14.4 Å². The Morgan fingerprint density at radius 2 is 1.73 bits per heavy atom. The summed E-state index contributed by atoms with van der Waals surface area (Å²) in [6.45, 7) is 8.51. The van der Waals surface area contributed by atoms with E-state index < -0.39 is 5.54 Å². The van der Waals surface area contributed by atoms with Crippen LogP contribution in [0.4, 0.5) is 0 Å². The second kappa shape index (κ2) is 11.1. The first-order valence-corrected chi connectivity index (χ1v) is 14.6. The molecule has 4 aliphatic rings. The van der Waals surface area contributed by atoms with E-state index >= 15 is 0 Å². The summed E-state index contributed by atoms with van der Waals surface area (Å²) in [4.78, 5) is 46.8. The monoisotopic (exact) mass is 512 g/mol. The van der Waals surface area contributed by atoms with Gasteiger partial charge in [0.1, 0.15) is 11.2 Å². The van der Waals surface area contributed by atoms with Crippen molar-refractivity contribution in [1.82, 2.24) is 29.8 Å². The molecule has 9 nitrogen and oxygen atoms in total.